The van der Waals surface area contributed by atoms with E-state index in [0.717, 1.165) is 6.42 Å². The molecule has 3 aliphatic carbocycles. The number of fused-ring (bicyclic) bond motifs is 3. The number of hydrogen-bond donors (Lipinski definition) is 0. The highest BCUT2D eigenvalue weighted by molar-refractivity contribution is 5.86. The van der Waals surface area contributed by atoms with Crippen LogP contribution >= 0.6 is 0 Å². The van der Waals surface area contributed by atoms with E-state index in [0.29, 0.717) is 12.8 Å². The van der Waals surface area contributed by atoms with Crippen molar-refractivity contribution in [3.05, 3.63) is 12.2 Å². The smallest absolute Gasteiger partial charge is 0.311 e. The SMILES string of the molecule is COCO[C@H]1[C@@H](COC(=O)C(C)(C)C)C[C@H](OC(C)=O)C2[C@H]1C=C[C@@H]1C(C)(C)C(=O)CC[C@]21C. The third-order valence-corrected chi connectivity index (χ3v) is 8.32. The van der Waals surface area contributed by atoms with Crippen LogP contribution in [0.2, 0.25) is 0 Å². The van der Waals surface area contributed by atoms with Crippen LogP contribution in [0.25, 0.3) is 0 Å². The molecule has 0 amide bonds. The maximum atomic E-state index is 12.8. The monoisotopic (exact) mass is 478 g/mol. The van der Waals surface area contributed by atoms with Crippen LogP contribution in [0.1, 0.15) is 67.7 Å². The number of allylic oxidation sites excluding steroid dienone is 1. The zero-order valence-corrected chi connectivity index (χ0v) is 22.0. The first kappa shape index (κ1) is 26.9. The van der Waals surface area contributed by atoms with E-state index >= 15 is 0 Å². The standard InChI is InChI=1S/C27H42O7/c1-16(28)34-19-13-17(14-32-24(30)25(2,3)4)23(33-15-31-8)18-9-10-20-26(5,6)21(29)11-12-27(20,7)22(18)19/h9-10,17-20,22-23H,11-15H2,1-8H3/t17-,18-,19+,20-,22?,23+,27+/m1/s1. The van der Waals surface area contributed by atoms with Gasteiger partial charge >= 0.3 is 11.9 Å². The molecule has 34 heavy (non-hydrogen) atoms. The zero-order valence-electron chi connectivity index (χ0n) is 22.0. The Hall–Kier alpha value is -1.73. The number of hydrogen-bond acceptors (Lipinski definition) is 7. The molecular formula is C27H42O7. The molecule has 7 nitrogen and oxygen atoms in total. The molecule has 0 radical (unpaired) electrons. The van der Waals surface area contributed by atoms with Crippen LogP contribution in [0.15, 0.2) is 12.2 Å². The van der Waals surface area contributed by atoms with Crippen molar-refractivity contribution >= 4 is 17.7 Å². The quantitative estimate of drug-likeness (QED) is 0.319. The second-order valence-electron chi connectivity index (χ2n) is 12.1. The van der Waals surface area contributed by atoms with Crippen molar-refractivity contribution in [3.63, 3.8) is 0 Å². The molecule has 0 N–H and O–H groups in total. The summed E-state index contributed by atoms with van der Waals surface area (Å²) in [6.45, 7) is 13.5. The number of esters is 2. The molecule has 3 rings (SSSR count). The molecule has 2 saturated carbocycles. The predicted molar refractivity (Wildman–Crippen MR) is 127 cm³/mol. The van der Waals surface area contributed by atoms with Gasteiger partial charge < -0.3 is 18.9 Å². The Morgan fingerprint density at radius 3 is 2.41 bits per heavy atom. The van der Waals surface area contributed by atoms with E-state index in [1.165, 1.54) is 6.92 Å². The normalized spacial score (nSPS) is 36.9. The average molecular weight is 479 g/mol. The van der Waals surface area contributed by atoms with Gasteiger partial charge in [0.25, 0.3) is 0 Å². The van der Waals surface area contributed by atoms with Gasteiger partial charge in [0, 0.05) is 43.6 Å². The zero-order chi connectivity index (χ0) is 25.5. The Bertz CT molecular complexity index is 823. The van der Waals surface area contributed by atoms with Gasteiger partial charge in [0.2, 0.25) is 0 Å². The molecule has 0 aromatic heterocycles. The second kappa shape index (κ2) is 9.73. The molecule has 192 valence electrons. The van der Waals surface area contributed by atoms with E-state index in [9.17, 15) is 14.4 Å². The molecule has 7 atom stereocenters. The second-order valence-corrected chi connectivity index (χ2v) is 12.1. The van der Waals surface area contributed by atoms with E-state index in [2.05, 4.69) is 19.1 Å². The van der Waals surface area contributed by atoms with Crippen LogP contribution in [-0.4, -0.2) is 50.4 Å². The van der Waals surface area contributed by atoms with Gasteiger partial charge in [-0.1, -0.05) is 32.9 Å². The minimum Gasteiger partial charge on any atom is -0.465 e. The molecule has 7 heteroatoms. The Morgan fingerprint density at radius 2 is 1.82 bits per heavy atom. The van der Waals surface area contributed by atoms with Crippen molar-refractivity contribution in [3.8, 4) is 0 Å². The molecule has 0 aliphatic heterocycles. The summed E-state index contributed by atoms with van der Waals surface area (Å²) in [7, 11) is 1.58. The fraction of sp³-hybridized carbons (Fsp3) is 0.815. The van der Waals surface area contributed by atoms with Crippen molar-refractivity contribution in [2.75, 3.05) is 20.5 Å². The van der Waals surface area contributed by atoms with Gasteiger partial charge in [0.1, 0.15) is 18.7 Å². The Kier molecular flexibility index (Phi) is 7.69. The van der Waals surface area contributed by atoms with Crippen molar-refractivity contribution < 1.29 is 33.3 Å². The number of carbonyl (C=O) groups excluding carboxylic acids is 3. The molecule has 0 bridgehead atoms. The minimum atomic E-state index is -0.610. The van der Waals surface area contributed by atoms with E-state index in [1.54, 1.807) is 7.11 Å². The lowest BCUT2D eigenvalue weighted by atomic mass is 9.45. The molecule has 1 unspecified atom stereocenters. The van der Waals surface area contributed by atoms with Crippen molar-refractivity contribution in [1.29, 1.82) is 0 Å². The van der Waals surface area contributed by atoms with Crippen LogP contribution in [0, 0.1) is 39.9 Å². The molecule has 0 spiro atoms. The summed E-state index contributed by atoms with van der Waals surface area (Å²) in [5, 5.41) is 0. The molecule has 0 aromatic rings. The number of rotatable bonds is 6. The molecular weight excluding hydrogens is 436 g/mol. The van der Waals surface area contributed by atoms with Gasteiger partial charge in [-0.2, -0.15) is 0 Å². The summed E-state index contributed by atoms with van der Waals surface area (Å²) in [6, 6.07) is 0. The third-order valence-electron chi connectivity index (χ3n) is 8.32. The van der Waals surface area contributed by atoms with Gasteiger partial charge in [-0.3, -0.25) is 14.4 Å². The minimum absolute atomic E-state index is 0.0183. The molecule has 0 saturated heterocycles. The summed E-state index contributed by atoms with van der Waals surface area (Å²) in [5.74, 6) is -0.521. The molecule has 0 aromatic carbocycles. The highest BCUT2D eigenvalue weighted by atomic mass is 16.7. The summed E-state index contributed by atoms with van der Waals surface area (Å²) in [4.78, 5) is 37.5. The van der Waals surface area contributed by atoms with E-state index in [4.69, 9.17) is 18.9 Å². The average Bonchev–Trinajstić information content (AvgIpc) is 2.72. The lowest BCUT2D eigenvalue weighted by Gasteiger charge is -2.60. The maximum Gasteiger partial charge on any atom is 0.311 e. The number of Topliss-reactive ketones (excluding diaryl/α,β-unsaturated/α-hetero) is 1. The Morgan fingerprint density at radius 1 is 1.15 bits per heavy atom. The number of ketones is 1. The van der Waals surface area contributed by atoms with Crippen molar-refractivity contribution in [1.82, 2.24) is 0 Å². The number of ether oxygens (including phenoxy) is 4. The van der Waals surface area contributed by atoms with Crippen LogP contribution < -0.4 is 0 Å². The van der Waals surface area contributed by atoms with Gasteiger partial charge in [-0.25, -0.2) is 0 Å². The lowest BCUT2D eigenvalue weighted by Crippen LogP contribution is -2.61. The first-order valence-corrected chi connectivity index (χ1v) is 12.4. The fourth-order valence-corrected chi connectivity index (χ4v) is 6.66. The molecule has 0 heterocycles. The van der Waals surface area contributed by atoms with Crippen LogP contribution in [0.4, 0.5) is 0 Å². The summed E-state index contributed by atoms with van der Waals surface area (Å²) >= 11 is 0. The van der Waals surface area contributed by atoms with Gasteiger partial charge in [0.05, 0.1) is 18.1 Å². The largest absolute Gasteiger partial charge is 0.465 e. The first-order chi connectivity index (χ1) is 15.7. The summed E-state index contributed by atoms with van der Waals surface area (Å²) in [6.07, 6.45) is 5.48. The van der Waals surface area contributed by atoms with E-state index in [-0.39, 0.29) is 72.4 Å². The topological polar surface area (TPSA) is 88.1 Å². The molecule has 2 fully saturated rings. The fourth-order valence-electron chi connectivity index (χ4n) is 6.66. The number of methoxy groups -OCH3 is 1. The van der Waals surface area contributed by atoms with Crippen LogP contribution in [0.3, 0.4) is 0 Å². The molecule has 3 aliphatic rings. The van der Waals surface area contributed by atoms with Gasteiger partial charge in [-0.15, -0.1) is 0 Å². The van der Waals surface area contributed by atoms with Crippen molar-refractivity contribution in [2.24, 2.45) is 39.9 Å². The van der Waals surface area contributed by atoms with E-state index in [1.807, 2.05) is 34.6 Å². The highest BCUT2D eigenvalue weighted by Crippen LogP contribution is 2.61. The summed E-state index contributed by atoms with van der Waals surface area (Å²) in [5.41, 5.74) is -1.34. The first-order valence-electron chi connectivity index (χ1n) is 12.4. The maximum absolute atomic E-state index is 12.8. The highest BCUT2D eigenvalue weighted by Gasteiger charge is 2.61. The van der Waals surface area contributed by atoms with E-state index < -0.39 is 10.8 Å². The Labute approximate surface area is 203 Å². The van der Waals surface area contributed by atoms with Crippen LogP contribution in [0.5, 0.6) is 0 Å². The lowest BCUT2D eigenvalue weighted by molar-refractivity contribution is -0.206. The Balaban J connectivity index is 2.00. The van der Waals surface area contributed by atoms with Gasteiger partial charge in [-0.05, 0) is 44.9 Å². The van der Waals surface area contributed by atoms with Crippen LogP contribution in [-0.2, 0) is 33.3 Å². The predicted octanol–water partition coefficient (Wildman–Crippen LogP) is 4.33. The van der Waals surface area contributed by atoms with Gasteiger partial charge in [0.15, 0.2) is 0 Å². The number of carbonyl (C=O) groups is 3. The summed E-state index contributed by atoms with van der Waals surface area (Å²) < 4.78 is 23.1. The third kappa shape index (κ3) is 4.97. The van der Waals surface area contributed by atoms with Crippen molar-refractivity contribution in [2.45, 2.75) is 79.9 Å².